The molecular formula is C17H29Cl2N5. The fourth-order valence-corrected chi connectivity index (χ4v) is 2.58. The normalized spacial score (nSPS) is 11.7. The van der Waals surface area contributed by atoms with Crippen LogP contribution >= 0.6 is 24.8 Å². The number of nitrogens with two attached hydrogens (primary N) is 1. The minimum absolute atomic E-state index is 0. The van der Waals surface area contributed by atoms with Crippen molar-refractivity contribution in [2.75, 3.05) is 32.0 Å². The van der Waals surface area contributed by atoms with Crippen LogP contribution in [0.3, 0.4) is 0 Å². The summed E-state index contributed by atoms with van der Waals surface area (Å²) < 4.78 is 0. The van der Waals surface area contributed by atoms with Crippen molar-refractivity contribution in [3.63, 3.8) is 0 Å². The van der Waals surface area contributed by atoms with E-state index < -0.39 is 0 Å². The Hall–Kier alpha value is -1.14. The van der Waals surface area contributed by atoms with Crippen molar-refractivity contribution < 1.29 is 0 Å². The van der Waals surface area contributed by atoms with Gasteiger partial charge in [0.15, 0.2) is 0 Å². The zero-order chi connectivity index (χ0) is 15.9. The highest BCUT2D eigenvalue weighted by Crippen LogP contribution is 2.20. The van der Waals surface area contributed by atoms with Crippen molar-refractivity contribution in [3.05, 3.63) is 30.1 Å². The summed E-state index contributed by atoms with van der Waals surface area (Å²) in [6, 6.07) is 8.61. The number of benzene rings is 1. The fraction of sp³-hybridized carbons (Fsp3) is 0.529. The van der Waals surface area contributed by atoms with E-state index in [0.717, 1.165) is 42.1 Å². The molecule has 5 nitrogen and oxygen atoms in total. The molecule has 1 heterocycles. The summed E-state index contributed by atoms with van der Waals surface area (Å²) in [5.41, 5.74) is 6.62. The summed E-state index contributed by atoms with van der Waals surface area (Å²) in [6.07, 6.45) is 1.81. The molecule has 0 amide bonds. The van der Waals surface area contributed by atoms with E-state index in [-0.39, 0.29) is 24.8 Å². The number of nitrogens with zero attached hydrogens (tertiary/aromatic N) is 3. The second-order valence-corrected chi connectivity index (χ2v) is 5.56. The number of hydrogen-bond acceptors (Lipinski definition) is 5. The summed E-state index contributed by atoms with van der Waals surface area (Å²) in [5, 5.41) is 4.59. The van der Waals surface area contributed by atoms with Crippen molar-refractivity contribution in [1.82, 2.24) is 14.9 Å². The predicted octanol–water partition coefficient (Wildman–Crippen LogP) is 3.12. The lowest BCUT2D eigenvalue weighted by Gasteiger charge is -2.26. The Morgan fingerprint density at radius 3 is 2.50 bits per heavy atom. The number of nitrogens with one attached hydrogen (secondary N) is 1. The van der Waals surface area contributed by atoms with Crippen molar-refractivity contribution in [3.8, 4) is 0 Å². The molecule has 0 bridgehead atoms. The van der Waals surface area contributed by atoms with Gasteiger partial charge in [-0.1, -0.05) is 26.0 Å². The molecule has 0 saturated carbocycles. The van der Waals surface area contributed by atoms with E-state index >= 15 is 0 Å². The van der Waals surface area contributed by atoms with E-state index in [2.05, 4.69) is 47.1 Å². The molecular weight excluding hydrogens is 345 g/mol. The Labute approximate surface area is 157 Å². The van der Waals surface area contributed by atoms with Gasteiger partial charge < -0.3 is 16.0 Å². The van der Waals surface area contributed by atoms with Gasteiger partial charge in [0.25, 0.3) is 0 Å². The molecule has 0 spiro atoms. The smallest absolute Gasteiger partial charge is 0.137 e. The summed E-state index contributed by atoms with van der Waals surface area (Å²) >= 11 is 0. The molecule has 1 unspecified atom stereocenters. The number of aromatic nitrogens is 2. The van der Waals surface area contributed by atoms with E-state index in [4.69, 9.17) is 5.73 Å². The number of fused-ring (bicyclic) bond motifs is 1. The highest BCUT2D eigenvalue weighted by molar-refractivity contribution is 5.89. The van der Waals surface area contributed by atoms with Crippen LogP contribution in [-0.4, -0.2) is 47.6 Å². The first-order chi connectivity index (χ1) is 10.7. The Kier molecular flexibility index (Phi) is 10.9. The zero-order valence-corrected chi connectivity index (χ0v) is 16.3. The first kappa shape index (κ1) is 22.9. The van der Waals surface area contributed by atoms with E-state index in [1.807, 2.05) is 18.2 Å². The molecule has 0 saturated heterocycles. The van der Waals surface area contributed by atoms with Crippen LogP contribution in [0.2, 0.25) is 0 Å². The third-order valence-electron chi connectivity index (χ3n) is 4.12. The molecule has 0 aliphatic heterocycles. The van der Waals surface area contributed by atoms with Crippen molar-refractivity contribution in [2.45, 2.75) is 32.7 Å². The van der Waals surface area contributed by atoms with Crippen LogP contribution in [0.5, 0.6) is 0 Å². The molecule has 1 atom stereocenters. The van der Waals surface area contributed by atoms with Gasteiger partial charge in [-0.3, -0.25) is 0 Å². The SMILES string of the molecule is CCC(CNc1nc(CCN)nc2ccccc12)N(C)CC.Cl.Cl. The number of halogens is 2. The molecule has 24 heavy (non-hydrogen) atoms. The van der Waals surface area contributed by atoms with Gasteiger partial charge in [-0.25, -0.2) is 9.97 Å². The van der Waals surface area contributed by atoms with Gasteiger partial charge >= 0.3 is 0 Å². The Morgan fingerprint density at radius 1 is 1.17 bits per heavy atom. The summed E-state index contributed by atoms with van der Waals surface area (Å²) in [7, 11) is 2.16. The van der Waals surface area contributed by atoms with Crippen LogP contribution in [-0.2, 0) is 6.42 Å². The maximum atomic E-state index is 5.65. The van der Waals surface area contributed by atoms with E-state index in [1.165, 1.54) is 0 Å². The lowest BCUT2D eigenvalue weighted by atomic mass is 10.2. The lowest BCUT2D eigenvalue weighted by molar-refractivity contribution is 0.258. The van der Waals surface area contributed by atoms with Gasteiger partial charge in [-0.15, -0.1) is 24.8 Å². The molecule has 7 heteroatoms. The molecule has 0 fully saturated rings. The van der Waals surface area contributed by atoms with E-state index in [9.17, 15) is 0 Å². The lowest BCUT2D eigenvalue weighted by Crippen LogP contribution is -2.36. The first-order valence-electron chi connectivity index (χ1n) is 8.09. The number of hydrogen-bond donors (Lipinski definition) is 2. The van der Waals surface area contributed by atoms with Gasteiger partial charge in [-0.2, -0.15) is 0 Å². The maximum Gasteiger partial charge on any atom is 0.137 e. The minimum atomic E-state index is 0. The maximum absolute atomic E-state index is 5.65. The van der Waals surface area contributed by atoms with Crippen LogP contribution < -0.4 is 11.1 Å². The van der Waals surface area contributed by atoms with Gasteiger partial charge in [0, 0.05) is 24.4 Å². The molecule has 136 valence electrons. The molecule has 1 aromatic heterocycles. The second-order valence-electron chi connectivity index (χ2n) is 5.56. The summed E-state index contributed by atoms with van der Waals surface area (Å²) in [6.45, 7) is 6.89. The first-order valence-corrected chi connectivity index (χ1v) is 8.09. The van der Waals surface area contributed by atoms with Gasteiger partial charge in [-0.05, 0) is 38.7 Å². The van der Waals surface area contributed by atoms with Crippen molar-refractivity contribution in [1.29, 1.82) is 0 Å². The van der Waals surface area contributed by atoms with Crippen LogP contribution in [0.15, 0.2) is 24.3 Å². The Morgan fingerprint density at radius 2 is 1.88 bits per heavy atom. The van der Waals surface area contributed by atoms with E-state index in [1.54, 1.807) is 0 Å². The minimum Gasteiger partial charge on any atom is -0.368 e. The van der Waals surface area contributed by atoms with Gasteiger partial charge in [0.05, 0.1) is 5.52 Å². The summed E-state index contributed by atoms with van der Waals surface area (Å²) in [4.78, 5) is 11.6. The molecule has 2 rings (SSSR count). The van der Waals surface area contributed by atoms with Crippen LogP contribution in [0.4, 0.5) is 5.82 Å². The average molecular weight is 374 g/mol. The molecule has 0 radical (unpaired) electrons. The molecule has 1 aromatic carbocycles. The third kappa shape index (κ3) is 5.74. The molecule has 2 aromatic rings. The number of rotatable bonds is 8. The van der Waals surface area contributed by atoms with E-state index in [0.29, 0.717) is 19.0 Å². The quantitative estimate of drug-likeness (QED) is 0.743. The standard InChI is InChI=1S/C17H27N5.2ClH/c1-4-13(22(3)5-2)12-19-17-14-8-6-7-9-15(14)20-16(21-17)10-11-18;;/h6-9,13H,4-5,10-12,18H2,1-3H3,(H,19,20,21);2*1H. The zero-order valence-electron chi connectivity index (χ0n) is 14.7. The Balaban J connectivity index is 0.00000264. The van der Waals surface area contributed by atoms with Crippen molar-refractivity contribution in [2.24, 2.45) is 5.73 Å². The van der Waals surface area contributed by atoms with Gasteiger partial charge in [0.1, 0.15) is 11.6 Å². The average Bonchev–Trinajstić information content (AvgIpc) is 2.55. The van der Waals surface area contributed by atoms with Crippen LogP contribution in [0.25, 0.3) is 10.9 Å². The Bertz CT molecular complexity index is 609. The van der Waals surface area contributed by atoms with Gasteiger partial charge in [0.2, 0.25) is 0 Å². The molecule has 0 aliphatic rings. The number of anilines is 1. The van der Waals surface area contributed by atoms with Crippen LogP contribution in [0, 0.1) is 0 Å². The summed E-state index contributed by atoms with van der Waals surface area (Å²) in [5.74, 6) is 1.72. The molecule has 0 aliphatic carbocycles. The second kappa shape index (κ2) is 11.4. The number of para-hydroxylation sites is 1. The van der Waals surface area contributed by atoms with Crippen LogP contribution in [0.1, 0.15) is 26.1 Å². The van der Waals surface area contributed by atoms with Crippen molar-refractivity contribution >= 4 is 41.5 Å². The third-order valence-corrected chi connectivity index (χ3v) is 4.12. The fourth-order valence-electron chi connectivity index (χ4n) is 2.58. The topological polar surface area (TPSA) is 67.1 Å². The predicted molar refractivity (Wildman–Crippen MR) is 108 cm³/mol. The largest absolute Gasteiger partial charge is 0.368 e. The monoisotopic (exact) mass is 373 g/mol. The highest BCUT2D eigenvalue weighted by atomic mass is 35.5. The highest BCUT2D eigenvalue weighted by Gasteiger charge is 2.13. The molecule has 3 N–H and O–H groups in total. The number of likely N-dealkylation sites (N-methyl/N-ethyl adjacent to an activating group) is 1.